The van der Waals surface area contributed by atoms with Crippen LogP contribution in [-0.4, -0.2) is 54.0 Å². The van der Waals surface area contributed by atoms with Crippen LogP contribution in [-0.2, 0) is 9.53 Å². The predicted molar refractivity (Wildman–Crippen MR) is 84.1 cm³/mol. The van der Waals surface area contributed by atoms with Gasteiger partial charge in [-0.05, 0) is 0 Å². The van der Waals surface area contributed by atoms with Gasteiger partial charge in [-0.2, -0.15) is 0 Å². The molecule has 0 aliphatic carbocycles. The number of hydrogen-bond donors (Lipinski definition) is 2. The maximum Gasteiger partial charge on any atom is 0.221 e. The van der Waals surface area contributed by atoms with Crippen molar-refractivity contribution in [3.05, 3.63) is 12.1 Å². The van der Waals surface area contributed by atoms with Gasteiger partial charge in [0.15, 0.2) is 11.5 Å². The standard InChI is InChI=1S/C15H24N2O5/c1-19-8-7-17-14(18)5-6-16-11-9-12(20-2)15(22-4)13(10-11)21-3/h9-10,16H,5-8H2,1-4H3,(H,17,18). The maximum absolute atomic E-state index is 11.6. The van der Waals surface area contributed by atoms with Crippen molar-refractivity contribution in [1.29, 1.82) is 0 Å². The number of anilines is 1. The molecule has 0 bridgehead atoms. The highest BCUT2D eigenvalue weighted by molar-refractivity contribution is 5.76. The van der Waals surface area contributed by atoms with Gasteiger partial charge in [0.2, 0.25) is 11.7 Å². The number of nitrogens with one attached hydrogen (secondary N) is 2. The molecule has 1 amide bonds. The van der Waals surface area contributed by atoms with Crippen LogP contribution in [0.1, 0.15) is 6.42 Å². The largest absolute Gasteiger partial charge is 0.493 e. The van der Waals surface area contributed by atoms with Gasteiger partial charge in [0.1, 0.15) is 0 Å². The second-order valence-electron chi connectivity index (χ2n) is 4.43. The lowest BCUT2D eigenvalue weighted by Crippen LogP contribution is -2.28. The van der Waals surface area contributed by atoms with Gasteiger partial charge in [-0.1, -0.05) is 0 Å². The molecule has 2 N–H and O–H groups in total. The summed E-state index contributed by atoms with van der Waals surface area (Å²) in [7, 11) is 6.27. The molecular weight excluding hydrogens is 288 g/mol. The van der Waals surface area contributed by atoms with E-state index in [1.807, 2.05) is 0 Å². The molecule has 0 heterocycles. The van der Waals surface area contributed by atoms with Gasteiger partial charge >= 0.3 is 0 Å². The summed E-state index contributed by atoms with van der Waals surface area (Å²) in [6, 6.07) is 3.59. The third-order valence-corrected chi connectivity index (χ3v) is 2.97. The minimum atomic E-state index is -0.0306. The third-order valence-electron chi connectivity index (χ3n) is 2.97. The smallest absolute Gasteiger partial charge is 0.221 e. The Hall–Kier alpha value is -2.15. The predicted octanol–water partition coefficient (Wildman–Crippen LogP) is 1.28. The summed E-state index contributed by atoms with van der Waals surface area (Å²) in [6.45, 7) is 1.52. The highest BCUT2D eigenvalue weighted by atomic mass is 16.5. The number of amides is 1. The number of methoxy groups -OCH3 is 4. The Bertz CT molecular complexity index is 454. The first kappa shape index (κ1) is 17.9. The normalized spacial score (nSPS) is 10.0. The Labute approximate surface area is 130 Å². The third kappa shape index (κ3) is 5.33. The molecule has 7 nitrogen and oxygen atoms in total. The summed E-state index contributed by atoms with van der Waals surface area (Å²) < 4.78 is 20.7. The molecule has 0 fully saturated rings. The molecule has 124 valence electrons. The number of carbonyl (C=O) groups is 1. The highest BCUT2D eigenvalue weighted by Crippen LogP contribution is 2.39. The second kappa shape index (κ2) is 9.73. The van der Waals surface area contributed by atoms with E-state index >= 15 is 0 Å². The van der Waals surface area contributed by atoms with Crippen LogP contribution in [0.3, 0.4) is 0 Å². The van der Waals surface area contributed by atoms with Gasteiger partial charge in [0, 0.05) is 44.4 Å². The van der Waals surface area contributed by atoms with Crippen LogP contribution in [0.15, 0.2) is 12.1 Å². The van der Waals surface area contributed by atoms with Crippen LogP contribution in [0, 0.1) is 0 Å². The molecule has 0 aromatic heterocycles. The maximum atomic E-state index is 11.6. The SMILES string of the molecule is COCCNC(=O)CCNc1cc(OC)c(OC)c(OC)c1. The van der Waals surface area contributed by atoms with E-state index < -0.39 is 0 Å². The van der Waals surface area contributed by atoms with E-state index in [9.17, 15) is 4.79 Å². The fourth-order valence-corrected chi connectivity index (χ4v) is 1.88. The van der Waals surface area contributed by atoms with E-state index in [4.69, 9.17) is 18.9 Å². The number of ether oxygens (including phenoxy) is 4. The first-order chi connectivity index (χ1) is 10.7. The summed E-state index contributed by atoms with van der Waals surface area (Å²) in [5.74, 6) is 1.63. The van der Waals surface area contributed by atoms with Crippen molar-refractivity contribution in [2.75, 3.05) is 53.5 Å². The first-order valence-corrected chi connectivity index (χ1v) is 6.95. The lowest BCUT2D eigenvalue weighted by molar-refractivity contribution is -0.121. The lowest BCUT2D eigenvalue weighted by Gasteiger charge is -2.15. The van der Waals surface area contributed by atoms with Crippen LogP contribution in [0.25, 0.3) is 0 Å². The number of benzene rings is 1. The van der Waals surface area contributed by atoms with E-state index in [-0.39, 0.29) is 5.91 Å². The minimum absolute atomic E-state index is 0.0306. The molecule has 0 saturated carbocycles. The molecule has 1 aromatic carbocycles. The van der Waals surface area contributed by atoms with E-state index in [0.717, 1.165) is 5.69 Å². The van der Waals surface area contributed by atoms with Gasteiger partial charge in [-0.3, -0.25) is 4.79 Å². The zero-order valence-corrected chi connectivity index (χ0v) is 13.5. The summed E-state index contributed by atoms with van der Waals surface area (Å²) in [4.78, 5) is 11.6. The van der Waals surface area contributed by atoms with E-state index in [0.29, 0.717) is 43.4 Å². The van der Waals surface area contributed by atoms with Crippen LogP contribution < -0.4 is 24.8 Å². The second-order valence-corrected chi connectivity index (χ2v) is 4.43. The molecule has 0 unspecified atom stereocenters. The fourth-order valence-electron chi connectivity index (χ4n) is 1.88. The zero-order valence-electron chi connectivity index (χ0n) is 13.5. The van der Waals surface area contributed by atoms with Crippen molar-refractivity contribution < 1.29 is 23.7 Å². The van der Waals surface area contributed by atoms with Gasteiger partial charge in [0.05, 0.1) is 27.9 Å². The summed E-state index contributed by atoms with van der Waals surface area (Å²) in [5, 5.41) is 5.92. The average Bonchev–Trinajstić information content (AvgIpc) is 2.54. The molecule has 7 heteroatoms. The molecule has 0 atom stereocenters. The molecule has 0 radical (unpaired) electrons. The lowest BCUT2D eigenvalue weighted by atomic mass is 10.2. The number of rotatable bonds is 10. The molecule has 1 rings (SSSR count). The van der Waals surface area contributed by atoms with Crippen molar-refractivity contribution in [3.8, 4) is 17.2 Å². The van der Waals surface area contributed by atoms with Gasteiger partial charge < -0.3 is 29.6 Å². The van der Waals surface area contributed by atoms with Crippen LogP contribution in [0.4, 0.5) is 5.69 Å². The number of carbonyl (C=O) groups excluding carboxylic acids is 1. The summed E-state index contributed by atoms with van der Waals surface area (Å²) in [5.41, 5.74) is 0.791. The number of hydrogen-bond acceptors (Lipinski definition) is 6. The molecule has 1 aromatic rings. The van der Waals surface area contributed by atoms with Crippen molar-refractivity contribution in [3.63, 3.8) is 0 Å². The molecule has 0 aliphatic rings. The highest BCUT2D eigenvalue weighted by Gasteiger charge is 2.13. The van der Waals surface area contributed by atoms with Crippen LogP contribution in [0.5, 0.6) is 17.2 Å². The van der Waals surface area contributed by atoms with E-state index in [1.54, 1.807) is 40.6 Å². The van der Waals surface area contributed by atoms with E-state index in [2.05, 4.69) is 10.6 Å². The molecule has 22 heavy (non-hydrogen) atoms. The van der Waals surface area contributed by atoms with Crippen molar-refractivity contribution >= 4 is 11.6 Å². The Kier molecular flexibility index (Phi) is 7.91. The van der Waals surface area contributed by atoms with Crippen molar-refractivity contribution in [2.24, 2.45) is 0 Å². The quantitative estimate of drug-likeness (QED) is 0.634. The molecular formula is C15H24N2O5. The first-order valence-electron chi connectivity index (χ1n) is 6.95. The van der Waals surface area contributed by atoms with Crippen molar-refractivity contribution in [2.45, 2.75) is 6.42 Å². The zero-order chi connectivity index (χ0) is 16.4. The summed E-state index contributed by atoms with van der Waals surface area (Å²) in [6.07, 6.45) is 0.361. The Morgan fingerprint density at radius 2 is 1.64 bits per heavy atom. The van der Waals surface area contributed by atoms with E-state index in [1.165, 1.54) is 0 Å². The van der Waals surface area contributed by atoms with Gasteiger partial charge in [-0.25, -0.2) is 0 Å². The Balaban J connectivity index is 2.57. The van der Waals surface area contributed by atoms with Gasteiger partial charge in [0.25, 0.3) is 0 Å². The monoisotopic (exact) mass is 312 g/mol. The van der Waals surface area contributed by atoms with Gasteiger partial charge in [-0.15, -0.1) is 0 Å². The average molecular weight is 312 g/mol. The fraction of sp³-hybridized carbons (Fsp3) is 0.533. The summed E-state index contributed by atoms with van der Waals surface area (Å²) >= 11 is 0. The molecule has 0 saturated heterocycles. The van der Waals surface area contributed by atoms with Crippen LogP contribution >= 0.6 is 0 Å². The molecule has 0 aliphatic heterocycles. The molecule has 0 spiro atoms. The topological polar surface area (TPSA) is 78.1 Å². The van der Waals surface area contributed by atoms with Crippen molar-refractivity contribution in [1.82, 2.24) is 5.32 Å². The minimum Gasteiger partial charge on any atom is -0.493 e. The van der Waals surface area contributed by atoms with Crippen LogP contribution in [0.2, 0.25) is 0 Å². The Morgan fingerprint density at radius 3 is 2.14 bits per heavy atom. The Morgan fingerprint density at radius 1 is 1.00 bits per heavy atom.